The summed E-state index contributed by atoms with van der Waals surface area (Å²) in [6.07, 6.45) is -4.57. The third-order valence-corrected chi connectivity index (χ3v) is 2.94. The van der Waals surface area contributed by atoms with Crippen molar-refractivity contribution in [2.75, 3.05) is 6.61 Å². The monoisotopic (exact) mass is 345 g/mol. The van der Waals surface area contributed by atoms with Gasteiger partial charge in [-0.3, -0.25) is 0 Å². The van der Waals surface area contributed by atoms with E-state index in [1.807, 2.05) is 0 Å². The van der Waals surface area contributed by atoms with Crippen molar-refractivity contribution < 1.29 is 22.3 Å². The van der Waals surface area contributed by atoms with Crippen molar-refractivity contribution in [1.29, 1.82) is 0 Å². The first-order chi connectivity index (χ1) is 8.21. The summed E-state index contributed by atoms with van der Waals surface area (Å²) in [5.41, 5.74) is 5.01. The van der Waals surface area contributed by atoms with Crippen LogP contribution in [0.15, 0.2) is 22.7 Å². The predicted octanol–water partition coefficient (Wildman–Crippen LogP) is 3.43. The third kappa shape index (κ3) is 4.09. The van der Waals surface area contributed by atoms with E-state index < -0.39 is 29.5 Å². The second kappa shape index (κ2) is 5.83. The van der Waals surface area contributed by atoms with Crippen molar-refractivity contribution in [3.05, 3.63) is 28.5 Å². The number of rotatable bonds is 4. The van der Waals surface area contributed by atoms with Gasteiger partial charge in [0.05, 0.1) is 9.46 Å². The highest BCUT2D eigenvalue weighted by Crippen LogP contribution is 2.30. The SMILES string of the molecule is NC(=S)C(COc1ccc(F)cc1Br)C(F)(F)F. The number of benzene rings is 1. The molecule has 0 heterocycles. The van der Waals surface area contributed by atoms with E-state index in [-0.39, 0.29) is 10.2 Å². The maximum Gasteiger partial charge on any atom is 0.401 e. The summed E-state index contributed by atoms with van der Waals surface area (Å²) < 4.78 is 55.5. The lowest BCUT2D eigenvalue weighted by atomic mass is 10.1. The number of hydrogen-bond donors (Lipinski definition) is 1. The van der Waals surface area contributed by atoms with Gasteiger partial charge in [0.1, 0.15) is 24.1 Å². The molecular formula is C10H8BrF4NOS. The maximum absolute atomic E-state index is 12.8. The van der Waals surface area contributed by atoms with E-state index in [0.29, 0.717) is 0 Å². The zero-order valence-electron chi connectivity index (χ0n) is 8.80. The summed E-state index contributed by atoms with van der Waals surface area (Å²) in [4.78, 5) is -0.694. The Morgan fingerprint density at radius 2 is 2.06 bits per heavy atom. The average Bonchev–Trinajstić information content (AvgIpc) is 2.18. The highest BCUT2D eigenvalue weighted by atomic mass is 79.9. The highest BCUT2D eigenvalue weighted by Gasteiger charge is 2.42. The molecule has 0 aliphatic carbocycles. The largest absolute Gasteiger partial charge is 0.491 e. The van der Waals surface area contributed by atoms with E-state index in [1.54, 1.807) is 0 Å². The van der Waals surface area contributed by atoms with Crippen molar-refractivity contribution >= 4 is 33.1 Å². The van der Waals surface area contributed by atoms with Crippen molar-refractivity contribution in [3.8, 4) is 5.75 Å². The zero-order chi connectivity index (χ0) is 13.9. The molecule has 0 fully saturated rings. The number of ether oxygens (including phenoxy) is 1. The van der Waals surface area contributed by atoms with Gasteiger partial charge in [0.25, 0.3) is 0 Å². The Hall–Kier alpha value is -0.890. The number of hydrogen-bond acceptors (Lipinski definition) is 2. The number of halogens is 5. The van der Waals surface area contributed by atoms with Crippen molar-refractivity contribution in [2.45, 2.75) is 6.18 Å². The second-order valence-corrected chi connectivity index (χ2v) is 4.71. The molecule has 0 saturated carbocycles. The molecular weight excluding hydrogens is 338 g/mol. The van der Waals surface area contributed by atoms with Gasteiger partial charge in [-0.2, -0.15) is 13.2 Å². The number of alkyl halides is 3. The average molecular weight is 346 g/mol. The first-order valence-corrected chi connectivity index (χ1v) is 5.86. The minimum atomic E-state index is -4.57. The van der Waals surface area contributed by atoms with Gasteiger partial charge in [0.15, 0.2) is 0 Å². The van der Waals surface area contributed by atoms with E-state index in [2.05, 4.69) is 28.1 Å². The van der Waals surface area contributed by atoms with Crippen LogP contribution in [0.5, 0.6) is 5.75 Å². The van der Waals surface area contributed by atoms with Crippen LogP contribution in [-0.4, -0.2) is 17.8 Å². The van der Waals surface area contributed by atoms with E-state index >= 15 is 0 Å². The van der Waals surface area contributed by atoms with Gasteiger partial charge in [-0.25, -0.2) is 4.39 Å². The summed E-state index contributed by atoms with van der Waals surface area (Å²) >= 11 is 7.31. The molecule has 0 radical (unpaired) electrons. The Balaban J connectivity index is 2.77. The van der Waals surface area contributed by atoms with E-state index in [4.69, 9.17) is 10.5 Å². The molecule has 1 unspecified atom stereocenters. The van der Waals surface area contributed by atoms with Crippen molar-refractivity contribution in [1.82, 2.24) is 0 Å². The van der Waals surface area contributed by atoms with Gasteiger partial charge in [-0.1, -0.05) is 12.2 Å². The number of thiocarbonyl (C=S) groups is 1. The van der Waals surface area contributed by atoms with Crippen LogP contribution in [0.3, 0.4) is 0 Å². The minimum absolute atomic E-state index is 0.0851. The van der Waals surface area contributed by atoms with Crippen LogP contribution in [0.25, 0.3) is 0 Å². The molecule has 2 N–H and O–H groups in total. The molecule has 8 heteroatoms. The molecule has 0 aliphatic rings. The molecule has 100 valence electrons. The van der Waals surface area contributed by atoms with Crippen LogP contribution in [0.1, 0.15) is 0 Å². The molecule has 0 saturated heterocycles. The fraction of sp³-hybridized carbons (Fsp3) is 0.300. The Bertz CT molecular complexity index is 452. The lowest BCUT2D eigenvalue weighted by Gasteiger charge is -2.19. The van der Waals surface area contributed by atoms with Crippen LogP contribution in [0, 0.1) is 11.7 Å². The minimum Gasteiger partial charge on any atom is -0.491 e. The lowest BCUT2D eigenvalue weighted by Crippen LogP contribution is -2.38. The smallest absolute Gasteiger partial charge is 0.401 e. The highest BCUT2D eigenvalue weighted by molar-refractivity contribution is 9.10. The molecule has 0 spiro atoms. The molecule has 0 aliphatic heterocycles. The quantitative estimate of drug-likeness (QED) is 0.670. The second-order valence-electron chi connectivity index (χ2n) is 3.38. The molecule has 1 aromatic rings. The van der Waals surface area contributed by atoms with Crippen LogP contribution in [0.2, 0.25) is 0 Å². The molecule has 1 rings (SSSR count). The van der Waals surface area contributed by atoms with E-state index in [9.17, 15) is 17.6 Å². The molecule has 0 aromatic heterocycles. The topological polar surface area (TPSA) is 35.2 Å². The van der Waals surface area contributed by atoms with Gasteiger partial charge in [0, 0.05) is 0 Å². The fourth-order valence-electron chi connectivity index (χ4n) is 1.10. The Morgan fingerprint density at radius 1 is 1.44 bits per heavy atom. The van der Waals surface area contributed by atoms with Crippen molar-refractivity contribution in [3.63, 3.8) is 0 Å². The summed E-state index contributed by atoms with van der Waals surface area (Å²) in [7, 11) is 0. The Kier molecular flexibility index (Phi) is 4.92. The van der Waals surface area contributed by atoms with Gasteiger partial charge in [0.2, 0.25) is 0 Å². The summed E-state index contributed by atoms with van der Waals surface area (Å²) in [6, 6.07) is 3.37. The van der Waals surface area contributed by atoms with Gasteiger partial charge in [-0.05, 0) is 34.1 Å². The van der Waals surface area contributed by atoms with Crippen LogP contribution < -0.4 is 10.5 Å². The molecule has 2 nitrogen and oxygen atoms in total. The summed E-state index contributed by atoms with van der Waals surface area (Å²) in [5.74, 6) is -2.48. The predicted molar refractivity (Wildman–Crippen MR) is 65.9 cm³/mol. The summed E-state index contributed by atoms with van der Waals surface area (Å²) in [6.45, 7) is -0.747. The van der Waals surface area contributed by atoms with E-state index in [0.717, 1.165) is 12.1 Å². The zero-order valence-corrected chi connectivity index (χ0v) is 11.2. The van der Waals surface area contributed by atoms with Gasteiger partial charge in [-0.15, -0.1) is 0 Å². The Labute approximate surface area is 114 Å². The van der Waals surface area contributed by atoms with Crippen LogP contribution in [0.4, 0.5) is 17.6 Å². The van der Waals surface area contributed by atoms with Gasteiger partial charge >= 0.3 is 6.18 Å². The first-order valence-electron chi connectivity index (χ1n) is 4.65. The van der Waals surface area contributed by atoms with Crippen LogP contribution in [-0.2, 0) is 0 Å². The van der Waals surface area contributed by atoms with E-state index in [1.165, 1.54) is 6.07 Å². The summed E-state index contributed by atoms with van der Waals surface area (Å²) in [5, 5.41) is 0. The third-order valence-electron chi connectivity index (χ3n) is 2.04. The molecule has 0 bridgehead atoms. The standard InChI is InChI=1S/C10H8BrF4NOS/c11-7-3-5(12)1-2-8(7)17-4-6(9(16)18)10(13,14)15/h1-3,6H,4H2,(H2,16,18). The molecule has 18 heavy (non-hydrogen) atoms. The Morgan fingerprint density at radius 3 is 2.50 bits per heavy atom. The normalized spacial score (nSPS) is 13.2. The molecule has 0 amide bonds. The lowest BCUT2D eigenvalue weighted by molar-refractivity contribution is -0.161. The number of nitrogens with two attached hydrogens (primary N) is 1. The van der Waals surface area contributed by atoms with Gasteiger partial charge < -0.3 is 10.5 Å². The maximum atomic E-state index is 12.8. The van der Waals surface area contributed by atoms with Crippen molar-refractivity contribution in [2.24, 2.45) is 11.7 Å². The molecule has 1 aromatic carbocycles. The first kappa shape index (κ1) is 15.2. The fourth-order valence-corrected chi connectivity index (χ4v) is 1.77. The van der Waals surface area contributed by atoms with Crippen LogP contribution >= 0.6 is 28.1 Å². The molecule has 1 atom stereocenters.